The molecule has 1 saturated carbocycles. The largest absolute Gasteiger partial charge is 0.324 e. The Hall–Kier alpha value is -0.340. The Bertz CT molecular complexity index is 260. The van der Waals surface area contributed by atoms with Crippen molar-refractivity contribution in [1.29, 1.82) is 0 Å². The molecule has 84 valence electrons. The standard InChI is InChI=1S/C13H21NS/c14-13(12-8-9-15-10-12)11-6-4-2-1-3-5-7-11/h8-11,13H,1-7,14H2. The molecule has 0 spiro atoms. The van der Waals surface area contributed by atoms with Crippen LogP contribution >= 0.6 is 11.3 Å². The Balaban J connectivity index is 1.95. The predicted molar refractivity (Wildman–Crippen MR) is 67.1 cm³/mol. The first kappa shape index (κ1) is 11.2. The highest BCUT2D eigenvalue weighted by Crippen LogP contribution is 2.31. The molecule has 1 aliphatic rings. The molecule has 1 aromatic rings. The Morgan fingerprint density at radius 2 is 1.80 bits per heavy atom. The molecular weight excluding hydrogens is 202 g/mol. The van der Waals surface area contributed by atoms with E-state index in [4.69, 9.17) is 5.73 Å². The summed E-state index contributed by atoms with van der Waals surface area (Å²) >= 11 is 1.76. The smallest absolute Gasteiger partial charge is 0.0331 e. The maximum atomic E-state index is 6.34. The van der Waals surface area contributed by atoms with Crippen LogP contribution in [0.1, 0.15) is 56.6 Å². The number of nitrogens with two attached hydrogens (primary N) is 1. The van der Waals surface area contributed by atoms with E-state index in [2.05, 4.69) is 16.8 Å². The van der Waals surface area contributed by atoms with Crippen molar-refractivity contribution in [2.45, 2.75) is 51.0 Å². The topological polar surface area (TPSA) is 26.0 Å². The fraction of sp³-hybridized carbons (Fsp3) is 0.692. The average molecular weight is 223 g/mol. The zero-order valence-corrected chi connectivity index (χ0v) is 10.1. The lowest BCUT2D eigenvalue weighted by molar-refractivity contribution is 0.328. The molecule has 2 N–H and O–H groups in total. The molecule has 1 nitrogen and oxygen atoms in total. The molecule has 0 bridgehead atoms. The van der Waals surface area contributed by atoms with Crippen LogP contribution in [-0.4, -0.2) is 0 Å². The van der Waals surface area contributed by atoms with Crippen molar-refractivity contribution in [3.63, 3.8) is 0 Å². The van der Waals surface area contributed by atoms with E-state index in [1.807, 2.05) is 0 Å². The van der Waals surface area contributed by atoms with Gasteiger partial charge in [0.1, 0.15) is 0 Å². The minimum absolute atomic E-state index is 0.286. The van der Waals surface area contributed by atoms with Gasteiger partial charge in [-0.05, 0) is 41.1 Å². The van der Waals surface area contributed by atoms with E-state index in [9.17, 15) is 0 Å². The molecular formula is C13H21NS. The molecule has 1 aliphatic carbocycles. The zero-order valence-electron chi connectivity index (χ0n) is 9.32. The van der Waals surface area contributed by atoms with Crippen LogP contribution in [0.3, 0.4) is 0 Å². The molecule has 15 heavy (non-hydrogen) atoms. The van der Waals surface area contributed by atoms with Crippen LogP contribution in [0.15, 0.2) is 16.8 Å². The SMILES string of the molecule is NC(c1ccsc1)C1CCCCCCC1. The maximum absolute atomic E-state index is 6.34. The molecule has 1 aromatic heterocycles. The normalized spacial score (nSPS) is 21.9. The van der Waals surface area contributed by atoms with Crippen molar-refractivity contribution in [3.05, 3.63) is 22.4 Å². The van der Waals surface area contributed by atoms with Crippen molar-refractivity contribution < 1.29 is 0 Å². The van der Waals surface area contributed by atoms with Crippen molar-refractivity contribution in [2.75, 3.05) is 0 Å². The van der Waals surface area contributed by atoms with Gasteiger partial charge in [-0.15, -0.1) is 0 Å². The fourth-order valence-electron chi connectivity index (χ4n) is 2.58. The summed E-state index contributed by atoms with van der Waals surface area (Å²) in [5.74, 6) is 0.722. The number of hydrogen-bond donors (Lipinski definition) is 1. The first-order valence-electron chi connectivity index (χ1n) is 6.15. The van der Waals surface area contributed by atoms with Gasteiger partial charge in [0.05, 0.1) is 0 Å². The summed E-state index contributed by atoms with van der Waals surface area (Å²) < 4.78 is 0. The third kappa shape index (κ3) is 3.05. The second-order valence-corrected chi connectivity index (χ2v) is 5.47. The first-order chi connectivity index (χ1) is 7.38. The van der Waals surface area contributed by atoms with Crippen LogP contribution in [0.25, 0.3) is 0 Å². The van der Waals surface area contributed by atoms with Crippen molar-refractivity contribution >= 4 is 11.3 Å². The van der Waals surface area contributed by atoms with E-state index in [1.54, 1.807) is 11.3 Å². The molecule has 0 aliphatic heterocycles. The van der Waals surface area contributed by atoms with E-state index in [0.29, 0.717) is 0 Å². The summed E-state index contributed by atoms with van der Waals surface area (Å²) in [6.45, 7) is 0. The van der Waals surface area contributed by atoms with Gasteiger partial charge in [-0.3, -0.25) is 0 Å². The van der Waals surface area contributed by atoms with E-state index in [-0.39, 0.29) is 6.04 Å². The van der Waals surface area contributed by atoms with E-state index < -0.39 is 0 Å². The van der Waals surface area contributed by atoms with Crippen LogP contribution in [0.5, 0.6) is 0 Å². The van der Waals surface area contributed by atoms with E-state index in [0.717, 1.165) is 5.92 Å². The minimum atomic E-state index is 0.286. The molecule has 1 heterocycles. The summed E-state index contributed by atoms with van der Waals surface area (Å²) in [6.07, 6.45) is 9.67. The first-order valence-corrected chi connectivity index (χ1v) is 7.10. The van der Waals surface area contributed by atoms with Crippen molar-refractivity contribution in [1.82, 2.24) is 0 Å². The third-order valence-corrected chi connectivity index (χ3v) is 4.29. The number of hydrogen-bond acceptors (Lipinski definition) is 2. The Kier molecular flexibility index (Phi) is 4.21. The van der Waals surface area contributed by atoms with E-state index in [1.165, 1.54) is 50.5 Å². The third-order valence-electron chi connectivity index (χ3n) is 3.59. The Morgan fingerprint density at radius 3 is 2.40 bits per heavy atom. The summed E-state index contributed by atoms with van der Waals surface area (Å²) in [6, 6.07) is 2.48. The van der Waals surface area contributed by atoms with Crippen LogP contribution in [0, 0.1) is 5.92 Å². The lowest BCUT2D eigenvalue weighted by Gasteiger charge is -2.25. The quantitative estimate of drug-likeness (QED) is 0.802. The van der Waals surface area contributed by atoms with Gasteiger partial charge in [0.2, 0.25) is 0 Å². The number of thiophene rings is 1. The van der Waals surface area contributed by atoms with Crippen molar-refractivity contribution in [3.8, 4) is 0 Å². The summed E-state index contributed by atoms with van der Waals surface area (Å²) in [4.78, 5) is 0. The van der Waals surface area contributed by atoms with Crippen LogP contribution < -0.4 is 5.73 Å². The van der Waals surface area contributed by atoms with Crippen molar-refractivity contribution in [2.24, 2.45) is 11.7 Å². The van der Waals surface area contributed by atoms with Gasteiger partial charge in [-0.1, -0.05) is 32.1 Å². The summed E-state index contributed by atoms with van der Waals surface area (Å²) in [7, 11) is 0. The second-order valence-electron chi connectivity index (χ2n) is 4.69. The average Bonchev–Trinajstić information content (AvgIpc) is 2.68. The Morgan fingerprint density at radius 1 is 1.13 bits per heavy atom. The highest BCUT2D eigenvalue weighted by Gasteiger charge is 2.20. The molecule has 0 saturated heterocycles. The molecule has 1 atom stereocenters. The highest BCUT2D eigenvalue weighted by atomic mass is 32.1. The van der Waals surface area contributed by atoms with Crippen LogP contribution in [-0.2, 0) is 0 Å². The molecule has 2 heteroatoms. The summed E-state index contributed by atoms with van der Waals surface area (Å²) in [5, 5.41) is 4.35. The van der Waals surface area contributed by atoms with Gasteiger partial charge in [-0.25, -0.2) is 0 Å². The van der Waals surface area contributed by atoms with Crippen LogP contribution in [0.4, 0.5) is 0 Å². The molecule has 0 aromatic carbocycles. The van der Waals surface area contributed by atoms with E-state index >= 15 is 0 Å². The second kappa shape index (κ2) is 5.66. The molecule has 1 unspecified atom stereocenters. The van der Waals surface area contributed by atoms with Gasteiger partial charge in [-0.2, -0.15) is 11.3 Å². The fourth-order valence-corrected chi connectivity index (χ4v) is 3.29. The minimum Gasteiger partial charge on any atom is -0.324 e. The molecule has 1 fully saturated rings. The monoisotopic (exact) mass is 223 g/mol. The number of rotatable bonds is 2. The van der Waals surface area contributed by atoms with Crippen LogP contribution in [0.2, 0.25) is 0 Å². The lowest BCUT2D eigenvalue weighted by Crippen LogP contribution is -2.21. The zero-order chi connectivity index (χ0) is 10.5. The van der Waals surface area contributed by atoms with Gasteiger partial charge in [0, 0.05) is 6.04 Å². The predicted octanol–water partition coefficient (Wildman–Crippen LogP) is 4.11. The van der Waals surface area contributed by atoms with Gasteiger partial charge < -0.3 is 5.73 Å². The molecule has 0 radical (unpaired) electrons. The molecule has 2 rings (SSSR count). The van der Waals surface area contributed by atoms with Gasteiger partial charge >= 0.3 is 0 Å². The summed E-state index contributed by atoms with van der Waals surface area (Å²) in [5.41, 5.74) is 7.69. The molecule has 0 amide bonds. The van der Waals surface area contributed by atoms with Gasteiger partial charge in [0.15, 0.2) is 0 Å². The highest BCUT2D eigenvalue weighted by molar-refractivity contribution is 7.07. The van der Waals surface area contributed by atoms with Gasteiger partial charge in [0.25, 0.3) is 0 Å². The lowest BCUT2D eigenvalue weighted by atomic mass is 9.84. The Labute approximate surface area is 96.7 Å². The maximum Gasteiger partial charge on any atom is 0.0331 e.